The number of nitrogens with two attached hydrogens (primary N) is 1. The first-order valence-electron chi connectivity index (χ1n) is 6.49. The largest absolute Gasteiger partial charge is 0.389 e. The number of thiocarbonyl (C=S) groups is 1. The summed E-state index contributed by atoms with van der Waals surface area (Å²) in [5, 5.41) is 0.147. The van der Waals surface area contributed by atoms with Crippen molar-refractivity contribution in [3.63, 3.8) is 0 Å². The molecule has 116 valence electrons. The first-order chi connectivity index (χ1) is 9.73. The molecule has 1 aromatic carbocycles. The molecule has 1 unspecified atom stereocenters. The fourth-order valence-corrected chi connectivity index (χ4v) is 4.49. The van der Waals surface area contributed by atoms with Crippen LogP contribution < -0.4 is 5.73 Å². The fourth-order valence-electron chi connectivity index (χ4n) is 2.35. The minimum absolute atomic E-state index is 0.101. The third kappa shape index (κ3) is 3.37. The molecule has 1 fully saturated rings. The maximum absolute atomic E-state index is 12.7. The van der Waals surface area contributed by atoms with E-state index >= 15 is 0 Å². The average molecular weight is 348 g/mol. The second-order valence-corrected chi connectivity index (χ2v) is 8.03. The Hall–Kier alpha value is -0.730. The summed E-state index contributed by atoms with van der Waals surface area (Å²) in [6, 6.07) is 4.78. The van der Waals surface area contributed by atoms with Gasteiger partial charge in [-0.05, 0) is 32.6 Å². The molecule has 21 heavy (non-hydrogen) atoms. The predicted molar refractivity (Wildman–Crippen MR) is 88.2 cm³/mol. The predicted octanol–water partition coefficient (Wildman–Crippen LogP) is 1.30. The monoisotopic (exact) mass is 347 g/mol. The zero-order valence-corrected chi connectivity index (χ0v) is 14.3. The van der Waals surface area contributed by atoms with E-state index in [1.165, 1.54) is 16.4 Å². The lowest BCUT2D eigenvalue weighted by Gasteiger charge is -2.20. The summed E-state index contributed by atoms with van der Waals surface area (Å²) < 4.78 is 26.8. The number of hydrogen-bond acceptors (Lipinski definition) is 4. The van der Waals surface area contributed by atoms with Crippen molar-refractivity contribution in [3.05, 3.63) is 28.8 Å². The molecule has 5 nitrogen and oxygen atoms in total. The number of likely N-dealkylation sites (N-methyl/N-ethyl adjacent to an activating group) is 1. The van der Waals surface area contributed by atoms with E-state index in [-0.39, 0.29) is 20.9 Å². The van der Waals surface area contributed by atoms with Crippen LogP contribution in [0.4, 0.5) is 0 Å². The lowest BCUT2D eigenvalue weighted by Crippen LogP contribution is -2.34. The number of hydrogen-bond donors (Lipinski definition) is 1. The van der Waals surface area contributed by atoms with E-state index in [1.807, 2.05) is 19.0 Å². The van der Waals surface area contributed by atoms with Gasteiger partial charge in [0.2, 0.25) is 10.0 Å². The normalized spacial score (nSPS) is 20.1. The van der Waals surface area contributed by atoms with E-state index in [1.54, 1.807) is 6.07 Å². The number of sulfonamides is 1. The standard InChI is InChI=1S/C13H18ClN3O2S2/c1-16(2)10-5-6-17(8-10)21(18,19)12-4-3-9(13(15)20)7-11(12)14/h3-4,7,10H,5-6,8H2,1-2H3,(H2,15,20). The highest BCUT2D eigenvalue weighted by Gasteiger charge is 2.34. The molecule has 1 aliphatic heterocycles. The number of nitrogens with zero attached hydrogens (tertiary/aromatic N) is 2. The van der Waals surface area contributed by atoms with Gasteiger partial charge in [-0.25, -0.2) is 8.42 Å². The van der Waals surface area contributed by atoms with Crippen molar-refractivity contribution in [2.75, 3.05) is 27.2 Å². The van der Waals surface area contributed by atoms with E-state index in [9.17, 15) is 8.42 Å². The van der Waals surface area contributed by atoms with Crippen LogP contribution in [0.5, 0.6) is 0 Å². The Morgan fingerprint density at radius 1 is 1.48 bits per heavy atom. The van der Waals surface area contributed by atoms with Crippen molar-refractivity contribution in [3.8, 4) is 0 Å². The summed E-state index contributed by atoms with van der Waals surface area (Å²) in [5.41, 5.74) is 6.08. The maximum Gasteiger partial charge on any atom is 0.244 e. The van der Waals surface area contributed by atoms with Gasteiger partial charge in [0.05, 0.1) is 5.02 Å². The molecule has 0 aromatic heterocycles. The Morgan fingerprint density at radius 3 is 2.62 bits per heavy atom. The van der Waals surface area contributed by atoms with Crippen LogP contribution in [0.2, 0.25) is 5.02 Å². The van der Waals surface area contributed by atoms with E-state index in [4.69, 9.17) is 29.6 Å². The van der Waals surface area contributed by atoms with Gasteiger partial charge in [0.1, 0.15) is 9.88 Å². The smallest absolute Gasteiger partial charge is 0.244 e. The molecular formula is C13H18ClN3O2S2. The van der Waals surface area contributed by atoms with Crippen LogP contribution in [0.25, 0.3) is 0 Å². The van der Waals surface area contributed by atoms with Gasteiger partial charge in [-0.3, -0.25) is 0 Å². The maximum atomic E-state index is 12.7. The van der Waals surface area contributed by atoms with E-state index in [0.717, 1.165) is 6.42 Å². The molecule has 1 aliphatic rings. The molecule has 2 N–H and O–H groups in total. The molecule has 0 radical (unpaired) electrons. The SMILES string of the molecule is CN(C)C1CCN(S(=O)(=O)c2ccc(C(N)=S)cc2Cl)C1. The molecule has 1 saturated heterocycles. The third-order valence-electron chi connectivity index (χ3n) is 3.69. The Balaban J connectivity index is 2.31. The topological polar surface area (TPSA) is 66.6 Å². The summed E-state index contributed by atoms with van der Waals surface area (Å²) in [6.07, 6.45) is 0.814. The van der Waals surface area contributed by atoms with Crippen molar-refractivity contribution < 1.29 is 8.42 Å². The summed E-state index contributed by atoms with van der Waals surface area (Å²) in [7, 11) is 0.311. The summed E-state index contributed by atoms with van der Waals surface area (Å²) >= 11 is 11.0. The minimum Gasteiger partial charge on any atom is -0.389 e. The van der Waals surface area contributed by atoms with Crippen LogP contribution >= 0.6 is 23.8 Å². The lowest BCUT2D eigenvalue weighted by atomic mass is 10.2. The first kappa shape index (κ1) is 16.6. The number of rotatable bonds is 4. The minimum atomic E-state index is -3.59. The quantitative estimate of drug-likeness (QED) is 0.831. The molecular weight excluding hydrogens is 330 g/mol. The molecule has 0 bridgehead atoms. The van der Waals surface area contributed by atoms with E-state index in [0.29, 0.717) is 18.7 Å². The molecule has 1 atom stereocenters. The molecule has 0 aliphatic carbocycles. The highest BCUT2D eigenvalue weighted by molar-refractivity contribution is 7.89. The van der Waals surface area contributed by atoms with E-state index in [2.05, 4.69) is 0 Å². The molecule has 1 heterocycles. The highest BCUT2D eigenvalue weighted by Crippen LogP contribution is 2.28. The fraction of sp³-hybridized carbons (Fsp3) is 0.462. The zero-order chi connectivity index (χ0) is 15.8. The van der Waals surface area contributed by atoms with Crippen molar-refractivity contribution in [1.82, 2.24) is 9.21 Å². The summed E-state index contributed by atoms with van der Waals surface area (Å²) in [4.78, 5) is 2.32. The molecule has 0 saturated carbocycles. The second kappa shape index (κ2) is 6.18. The van der Waals surface area contributed by atoms with Gasteiger partial charge in [0.25, 0.3) is 0 Å². The van der Waals surface area contributed by atoms with Gasteiger partial charge in [-0.1, -0.05) is 29.9 Å². The Kier molecular flexibility index (Phi) is 4.89. The van der Waals surface area contributed by atoms with E-state index < -0.39 is 10.0 Å². The van der Waals surface area contributed by atoms with Crippen molar-refractivity contribution >= 4 is 38.8 Å². The molecule has 0 spiro atoms. The number of halogens is 1. The highest BCUT2D eigenvalue weighted by atomic mass is 35.5. The van der Waals surface area contributed by atoms with Crippen molar-refractivity contribution in [1.29, 1.82) is 0 Å². The second-order valence-electron chi connectivity index (χ2n) is 5.28. The van der Waals surface area contributed by atoms with Gasteiger partial charge in [0, 0.05) is 24.7 Å². The van der Waals surface area contributed by atoms with Crippen LogP contribution in [-0.4, -0.2) is 55.8 Å². The summed E-state index contributed by atoms with van der Waals surface area (Å²) in [5.74, 6) is 0. The molecule has 1 aromatic rings. The van der Waals surface area contributed by atoms with Crippen LogP contribution in [0.3, 0.4) is 0 Å². The van der Waals surface area contributed by atoms with Crippen LogP contribution in [-0.2, 0) is 10.0 Å². The zero-order valence-electron chi connectivity index (χ0n) is 11.9. The Bertz CT molecular complexity index is 661. The van der Waals surface area contributed by atoms with Crippen LogP contribution in [0.1, 0.15) is 12.0 Å². The number of benzene rings is 1. The average Bonchev–Trinajstić information content (AvgIpc) is 2.88. The Morgan fingerprint density at radius 2 is 2.14 bits per heavy atom. The van der Waals surface area contributed by atoms with Crippen molar-refractivity contribution in [2.24, 2.45) is 5.73 Å². The molecule has 0 amide bonds. The van der Waals surface area contributed by atoms with Crippen LogP contribution in [0, 0.1) is 0 Å². The van der Waals surface area contributed by atoms with Crippen molar-refractivity contribution in [2.45, 2.75) is 17.4 Å². The summed E-state index contributed by atoms with van der Waals surface area (Å²) in [6.45, 7) is 0.973. The first-order valence-corrected chi connectivity index (χ1v) is 8.72. The van der Waals surface area contributed by atoms with Gasteiger partial charge in [0.15, 0.2) is 0 Å². The van der Waals surface area contributed by atoms with Gasteiger partial charge < -0.3 is 10.6 Å². The molecule has 2 rings (SSSR count). The third-order valence-corrected chi connectivity index (χ3v) is 6.27. The van der Waals surface area contributed by atoms with Gasteiger partial charge >= 0.3 is 0 Å². The Labute approximate surface area is 135 Å². The lowest BCUT2D eigenvalue weighted by molar-refractivity contribution is 0.302. The van der Waals surface area contributed by atoms with Crippen LogP contribution in [0.15, 0.2) is 23.1 Å². The van der Waals surface area contributed by atoms with Gasteiger partial charge in [-0.15, -0.1) is 0 Å². The van der Waals surface area contributed by atoms with Gasteiger partial charge in [-0.2, -0.15) is 4.31 Å². The molecule has 8 heteroatoms.